The lowest BCUT2D eigenvalue weighted by Gasteiger charge is -2.24. The Morgan fingerprint density at radius 1 is 1.19 bits per heavy atom. The Kier molecular flexibility index (Phi) is 9.76. The van der Waals surface area contributed by atoms with Gasteiger partial charge < -0.3 is 19.3 Å². The molecule has 0 aromatic heterocycles. The van der Waals surface area contributed by atoms with E-state index in [0.717, 1.165) is 32.1 Å². The van der Waals surface area contributed by atoms with E-state index in [9.17, 15) is 14.7 Å². The maximum absolute atomic E-state index is 11.6. The number of carbonyl (C=O) groups excluding carboxylic acids is 2. The standard InChI is InChI=1S/C25H40O6/c1-17(2)9-8-13-25(4,28)14-12-20-21-15-19(10-6-7-11-24(27)29-5)31-23(21)16-22(20)30-18(3)26/h9,12,14,19-23,28H,6-8,10-11,13,15-16H2,1-5H3/t19-,20+,21+,22+,23-,25?/m0/s1. The Morgan fingerprint density at radius 3 is 2.58 bits per heavy atom. The molecule has 0 aromatic carbocycles. The number of allylic oxidation sites excluding steroid dienone is 2. The predicted molar refractivity (Wildman–Crippen MR) is 119 cm³/mol. The minimum atomic E-state index is -0.905. The Morgan fingerprint density at radius 2 is 1.94 bits per heavy atom. The minimum absolute atomic E-state index is 0.0453. The molecule has 1 unspecified atom stereocenters. The van der Waals surface area contributed by atoms with Crippen LogP contribution in [-0.2, 0) is 23.8 Å². The van der Waals surface area contributed by atoms with Gasteiger partial charge in [-0.2, -0.15) is 0 Å². The lowest BCUT2D eigenvalue weighted by molar-refractivity contribution is -0.148. The summed E-state index contributed by atoms with van der Waals surface area (Å²) in [6, 6.07) is 0. The molecule has 0 spiro atoms. The second kappa shape index (κ2) is 11.8. The number of rotatable bonds is 11. The van der Waals surface area contributed by atoms with Gasteiger partial charge in [-0.3, -0.25) is 9.59 Å². The summed E-state index contributed by atoms with van der Waals surface area (Å²) >= 11 is 0. The SMILES string of the molecule is COC(=O)CCCC[C@H]1C[C@@H]2[C@@H](C=CC(C)(O)CCC=C(C)C)[C@H](OC(C)=O)C[C@@H]2O1. The largest absolute Gasteiger partial charge is 0.469 e. The molecule has 31 heavy (non-hydrogen) atoms. The van der Waals surface area contributed by atoms with Gasteiger partial charge in [0.05, 0.1) is 24.9 Å². The maximum Gasteiger partial charge on any atom is 0.305 e. The van der Waals surface area contributed by atoms with Crippen LogP contribution in [0.3, 0.4) is 0 Å². The quantitative estimate of drug-likeness (QED) is 0.292. The number of methoxy groups -OCH3 is 1. The average Bonchev–Trinajstić information content (AvgIpc) is 3.19. The van der Waals surface area contributed by atoms with Crippen LogP contribution in [0, 0.1) is 11.8 Å². The zero-order chi connectivity index (χ0) is 23.0. The molecule has 1 saturated heterocycles. The molecule has 1 saturated carbocycles. The lowest BCUT2D eigenvalue weighted by Crippen LogP contribution is -2.26. The van der Waals surface area contributed by atoms with Crippen LogP contribution in [-0.4, -0.2) is 48.1 Å². The lowest BCUT2D eigenvalue weighted by atomic mass is 9.87. The third kappa shape index (κ3) is 8.41. The molecule has 2 aliphatic rings. The van der Waals surface area contributed by atoms with Crippen molar-refractivity contribution >= 4 is 11.9 Å². The highest BCUT2D eigenvalue weighted by molar-refractivity contribution is 5.69. The van der Waals surface area contributed by atoms with E-state index in [-0.39, 0.29) is 42.1 Å². The van der Waals surface area contributed by atoms with Crippen LogP contribution in [0.25, 0.3) is 0 Å². The van der Waals surface area contributed by atoms with Gasteiger partial charge in [0.25, 0.3) is 0 Å². The fourth-order valence-corrected chi connectivity index (χ4v) is 4.75. The monoisotopic (exact) mass is 436 g/mol. The van der Waals surface area contributed by atoms with Crippen molar-refractivity contribution in [2.24, 2.45) is 11.8 Å². The maximum atomic E-state index is 11.6. The molecule has 0 amide bonds. The molecule has 6 heteroatoms. The third-order valence-electron chi connectivity index (χ3n) is 6.35. The first kappa shape index (κ1) is 25.6. The number of carbonyl (C=O) groups is 2. The summed E-state index contributed by atoms with van der Waals surface area (Å²) in [4.78, 5) is 22.9. The van der Waals surface area contributed by atoms with E-state index in [1.165, 1.54) is 19.6 Å². The van der Waals surface area contributed by atoms with Gasteiger partial charge in [0.1, 0.15) is 6.10 Å². The Labute approximate surface area is 187 Å². The molecule has 6 nitrogen and oxygen atoms in total. The fourth-order valence-electron chi connectivity index (χ4n) is 4.75. The Hall–Kier alpha value is -1.66. The fraction of sp³-hybridized carbons (Fsp3) is 0.760. The summed E-state index contributed by atoms with van der Waals surface area (Å²) in [5.41, 5.74) is 0.339. The van der Waals surface area contributed by atoms with Gasteiger partial charge in [-0.15, -0.1) is 0 Å². The molecule has 1 aliphatic carbocycles. The molecule has 2 fully saturated rings. The highest BCUT2D eigenvalue weighted by atomic mass is 16.6. The van der Waals surface area contributed by atoms with Crippen molar-refractivity contribution in [2.45, 2.75) is 103 Å². The number of aliphatic hydroxyl groups is 1. The first-order valence-electron chi connectivity index (χ1n) is 11.6. The van der Waals surface area contributed by atoms with Crippen LogP contribution in [0.4, 0.5) is 0 Å². The van der Waals surface area contributed by atoms with Crippen LogP contribution in [0.5, 0.6) is 0 Å². The van der Waals surface area contributed by atoms with Crippen LogP contribution >= 0.6 is 0 Å². The molecule has 176 valence electrons. The van der Waals surface area contributed by atoms with Crippen molar-refractivity contribution in [3.63, 3.8) is 0 Å². The molecule has 0 aromatic rings. The van der Waals surface area contributed by atoms with E-state index in [1.807, 2.05) is 19.1 Å². The first-order chi connectivity index (χ1) is 14.6. The average molecular weight is 437 g/mol. The first-order valence-corrected chi connectivity index (χ1v) is 11.6. The molecule has 0 bridgehead atoms. The van der Waals surface area contributed by atoms with Crippen molar-refractivity contribution in [2.75, 3.05) is 7.11 Å². The third-order valence-corrected chi connectivity index (χ3v) is 6.35. The zero-order valence-corrected chi connectivity index (χ0v) is 19.8. The smallest absolute Gasteiger partial charge is 0.305 e. The second-order valence-corrected chi connectivity index (χ2v) is 9.52. The van der Waals surface area contributed by atoms with Crippen LogP contribution < -0.4 is 0 Å². The summed E-state index contributed by atoms with van der Waals surface area (Å²) in [7, 11) is 1.41. The molecule has 1 heterocycles. The van der Waals surface area contributed by atoms with Crippen molar-refractivity contribution in [1.82, 2.24) is 0 Å². The summed E-state index contributed by atoms with van der Waals surface area (Å²) in [5.74, 6) is -0.128. The number of fused-ring (bicyclic) bond motifs is 1. The van der Waals surface area contributed by atoms with Gasteiger partial charge in [-0.1, -0.05) is 30.2 Å². The van der Waals surface area contributed by atoms with E-state index in [0.29, 0.717) is 19.3 Å². The van der Waals surface area contributed by atoms with Gasteiger partial charge in [0.2, 0.25) is 0 Å². The van der Waals surface area contributed by atoms with Gasteiger partial charge in [0.15, 0.2) is 0 Å². The van der Waals surface area contributed by atoms with E-state index in [4.69, 9.17) is 9.47 Å². The van der Waals surface area contributed by atoms with Crippen molar-refractivity contribution < 1.29 is 28.9 Å². The van der Waals surface area contributed by atoms with E-state index in [2.05, 4.69) is 24.7 Å². The van der Waals surface area contributed by atoms with E-state index >= 15 is 0 Å². The molecule has 2 rings (SSSR count). The summed E-state index contributed by atoms with van der Waals surface area (Å²) in [5, 5.41) is 10.8. The summed E-state index contributed by atoms with van der Waals surface area (Å²) in [6.45, 7) is 7.37. The molecule has 1 aliphatic heterocycles. The van der Waals surface area contributed by atoms with Gasteiger partial charge in [-0.05, 0) is 58.8 Å². The predicted octanol–water partition coefficient (Wildman–Crippen LogP) is 4.50. The van der Waals surface area contributed by atoms with Crippen molar-refractivity contribution in [1.29, 1.82) is 0 Å². The Balaban J connectivity index is 1.95. The van der Waals surface area contributed by atoms with Crippen LogP contribution in [0.15, 0.2) is 23.8 Å². The topological polar surface area (TPSA) is 82.1 Å². The molecule has 6 atom stereocenters. The highest BCUT2D eigenvalue weighted by Gasteiger charge is 2.49. The highest BCUT2D eigenvalue weighted by Crippen LogP contribution is 2.46. The number of hydrogen-bond donors (Lipinski definition) is 1. The van der Waals surface area contributed by atoms with Crippen LogP contribution in [0.1, 0.15) is 79.1 Å². The summed E-state index contributed by atoms with van der Waals surface area (Å²) in [6.07, 6.45) is 12.2. The van der Waals surface area contributed by atoms with Crippen molar-refractivity contribution in [3.05, 3.63) is 23.8 Å². The van der Waals surface area contributed by atoms with E-state index in [1.54, 1.807) is 0 Å². The molecular weight excluding hydrogens is 396 g/mol. The number of ether oxygens (including phenoxy) is 3. The zero-order valence-electron chi connectivity index (χ0n) is 19.8. The number of esters is 2. The number of hydrogen-bond acceptors (Lipinski definition) is 6. The molecule has 1 N–H and O–H groups in total. The Bertz CT molecular complexity index is 661. The van der Waals surface area contributed by atoms with Gasteiger partial charge >= 0.3 is 11.9 Å². The minimum Gasteiger partial charge on any atom is -0.469 e. The normalized spacial score (nSPS) is 29.4. The van der Waals surface area contributed by atoms with Gasteiger partial charge in [0, 0.05) is 25.7 Å². The number of unbranched alkanes of at least 4 members (excludes halogenated alkanes) is 1. The summed E-state index contributed by atoms with van der Waals surface area (Å²) < 4.78 is 16.6. The van der Waals surface area contributed by atoms with Gasteiger partial charge in [-0.25, -0.2) is 0 Å². The van der Waals surface area contributed by atoms with Crippen LogP contribution in [0.2, 0.25) is 0 Å². The second-order valence-electron chi connectivity index (χ2n) is 9.52. The molecular formula is C25H40O6. The van der Waals surface area contributed by atoms with E-state index < -0.39 is 5.60 Å². The van der Waals surface area contributed by atoms with Crippen molar-refractivity contribution in [3.8, 4) is 0 Å². The molecule has 0 radical (unpaired) electrons.